The molecule has 2 N–H and O–H groups in total. The Balaban J connectivity index is 2.28. The molecule has 20 heavy (non-hydrogen) atoms. The standard InChI is InChI=1S/C15H21N3O2/c1-4-18-15(14(20-3)10-17-18)12(16)9-11-7-5-6-8-13(11)19-2/h5-8,10,12H,4,9,16H2,1-3H3. The predicted molar refractivity (Wildman–Crippen MR) is 78.1 cm³/mol. The first-order valence-electron chi connectivity index (χ1n) is 6.68. The van der Waals surface area contributed by atoms with Crippen LogP contribution in [0.4, 0.5) is 0 Å². The van der Waals surface area contributed by atoms with Crippen LogP contribution in [-0.2, 0) is 13.0 Å². The summed E-state index contributed by atoms with van der Waals surface area (Å²) in [5, 5.41) is 4.29. The molecule has 1 heterocycles. The van der Waals surface area contributed by atoms with E-state index in [1.54, 1.807) is 20.4 Å². The van der Waals surface area contributed by atoms with E-state index < -0.39 is 0 Å². The number of para-hydroxylation sites is 1. The molecule has 108 valence electrons. The second kappa shape index (κ2) is 6.43. The van der Waals surface area contributed by atoms with Crippen molar-refractivity contribution >= 4 is 0 Å². The third-order valence-corrected chi connectivity index (χ3v) is 3.35. The summed E-state index contributed by atoms with van der Waals surface area (Å²) in [6.45, 7) is 2.80. The molecule has 0 saturated carbocycles. The van der Waals surface area contributed by atoms with Gasteiger partial charge in [0.25, 0.3) is 0 Å². The molecule has 5 heteroatoms. The Morgan fingerprint density at radius 3 is 2.55 bits per heavy atom. The van der Waals surface area contributed by atoms with Crippen LogP contribution in [-0.4, -0.2) is 24.0 Å². The maximum atomic E-state index is 6.35. The third-order valence-electron chi connectivity index (χ3n) is 3.35. The molecule has 5 nitrogen and oxygen atoms in total. The molecule has 0 aliphatic heterocycles. The largest absolute Gasteiger partial charge is 0.496 e. The van der Waals surface area contributed by atoms with Gasteiger partial charge >= 0.3 is 0 Å². The maximum Gasteiger partial charge on any atom is 0.161 e. The van der Waals surface area contributed by atoms with Gasteiger partial charge in [-0.3, -0.25) is 4.68 Å². The molecule has 0 bridgehead atoms. The smallest absolute Gasteiger partial charge is 0.161 e. The summed E-state index contributed by atoms with van der Waals surface area (Å²) in [6, 6.07) is 7.71. The van der Waals surface area contributed by atoms with Gasteiger partial charge in [-0.25, -0.2) is 0 Å². The van der Waals surface area contributed by atoms with E-state index >= 15 is 0 Å². The molecule has 0 spiro atoms. The highest BCUT2D eigenvalue weighted by Crippen LogP contribution is 2.28. The van der Waals surface area contributed by atoms with Gasteiger partial charge in [-0.1, -0.05) is 18.2 Å². The van der Waals surface area contributed by atoms with Crippen LogP contribution in [0.15, 0.2) is 30.5 Å². The average Bonchev–Trinajstić information content (AvgIpc) is 2.90. The van der Waals surface area contributed by atoms with Gasteiger partial charge in [-0.15, -0.1) is 0 Å². The molecule has 0 amide bonds. The van der Waals surface area contributed by atoms with Gasteiger partial charge in [0.15, 0.2) is 5.75 Å². The van der Waals surface area contributed by atoms with Gasteiger partial charge in [0, 0.05) is 6.54 Å². The van der Waals surface area contributed by atoms with Crippen molar-refractivity contribution in [1.82, 2.24) is 9.78 Å². The lowest BCUT2D eigenvalue weighted by Gasteiger charge is -2.16. The topological polar surface area (TPSA) is 62.3 Å². The van der Waals surface area contributed by atoms with Crippen molar-refractivity contribution in [3.8, 4) is 11.5 Å². The number of hydrogen-bond donors (Lipinski definition) is 1. The zero-order valence-corrected chi connectivity index (χ0v) is 12.2. The van der Waals surface area contributed by atoms with Gasteiger partial charge in [-0.05, 0) is 25.0 Å². The summed E-state index contributed by atoms with van der Waals surface area (Å²) in [5.74, 6) is 1.58. The van der Waals surface area contributed by atoms with Crippen LogP contribution in [0.1, 0.15) is 24.2 Å². The van der Waals surface area contributed by atoms with Crippen LogP contribution in [0.5, 0.6) is 11.5 Å². The third kappa shape index (κ3) is 2.77. The van der Waals surface area contributed by atoms with Gasteiger partial charge in [-0.2, -0.15) is 5.10 Å². The van der Waals surface area contributed by atoms with E-state index in [4.69, 9.17) is 15.2 Å². The summed E-state index contributed by atoms with van der Waals surface area (Å²) in [4.78, 5) is 0. The zero-order valence-electron chi connectivity index (χ0n) is 12.2. The Kier molecular flexibility index (Phi) is 4.63. The molecule has 2 rings (SSSR count). The first kappa shape index (κ1) is 14.4. The minimum absolute atomic E-state index is 0.191. The summed E-state index contributed by atoms with van der Waals surface area (Å²) < 4.78 is 12.6. The van der Waals surface area contributed by atoms with E-state index in [0.717, 1.165) is 29.3 Å². The van der Waals surface area contributed by atoms with E-state index in [2.05, 4.69) is 5.10 Å². The zero-order chi connectivity index (χ0) is 14.5. The van der Waals surface area contributed by atoms with Gasteiger partial charge in [0.05, 0.1) is 32.2 Å². The van der Waals surface area contributed by atoms with E-state index in [1.807, 2.05) is 35.9 Å². The Morgan fingerprint density at radius 2 is 1.90 bits per heavy atom. The highest BCUT2D eigenvalue weighted by Gasteiger charge is 2.19. The predicted octanol–water partition coefficient (Wildman–Crippen LogP) is 2.16. The molecular formula is C15H21N3O2. The van der Waals surface area contributed by atoms with E-state index in [-0.39, 0.29) is 6.04 Å². The van der Waals surface area contributed by atoms with E-state index in [1.165, 1.54) is 0 Å². The number of methoxy groups -OCH3 is 2. The Hall–Kier alpha value is -2.01. The maximum absolute atomic E-state index is 6.35. The van der Waals surface area contributed by atoms with Crippen LogP contribution >= 0.6 is 0 Å². The van der Waals surface area contributed by atoms with E-state index in [0.29, 0.717) is 6.42 Å². The van der Waals surface area contributed by atoms with Crippen molar-refractivity contribution in [3.05, 3.63) is 41.7 Å². The van der Waals surface area contributed by atoms with Crippen molar-refractivity contribution in [3.63, 3.8) is 0 Å². The molecule has 0 aliphatic rings. The molecule has 1 atom stereocenters. The number of benzene rings is 1. The lowest BCUT2D eigenvalue weighted by atomic mass is 10.0. The lowest BCUT2D eigenvalue weighted by Crippen LogP contribution is -2.19. The monoisotopic (exact) mass is 275 g/mol. The SMILES string of the molecule is CCn1ncc(OC)c1C(N)Cc1ccccc1OC. The number of aromatic nitrogens is 2. The first-order valence-corrected chi connectivity index (χ1v) is 6.68. The number of aryl methyl sites for hydroxylation is 1. The number of rotatable bonds is 6. The second-order valence-electron chi connectivity index (χ2n) is 4.54. The van der Waals surface area contributed by atoms with Gasteiger partial charge in [0.1, 0.15) is 5.75 Å². The number of ether oxygens (including phenoxy) is 2. The quantitative estimate of drug-likeness (QED) is 0.877. The van der Waals surface area contributed by atoms with Crippen LogP contribution in [0.2, 0.25) is 0 Å². The average molecular weight is 275 g/mol. The van der Waals surface area contributed by atoms with Crippen molar-refractivity contribution in [1.29, 1.82) is 0 Å². The highest BCUT2D eigenvalue weighted by molar-refractivity contribution is 5.36. The molecule has 2 aromatic rings. The summed E-state index contributed by atoms with van der Waals surface area (Å²) >= 11 is 0. The summed E-state index contributed by atoms with van der Waals surface area (Å²) in [6.07, 6.45) is 2.38. The minimum Gasteiger partial charge on any atom is -0.496 e. The van der Waals surface area contributed by atoms with Crippen LogP contribution in [0.25, 0.3) is 0 Å². The van der Waals surface area contributed by atoms with Crippen molar-refractivity contribution in [2.24, 2.45) is 5.73 Å². The van der Waals surface area contributed by atoms with Crippen molar-refractivity contribution in [2.75, 3.05) is 14.2 Å². The molecule has 1 aromatic carbocycles. The van der Waals surface area contributed by atoms with E-state index in [9.17, 15) is 0 Å². The van der Waals surface area contributed by atoms with Crippen LogP contribution in [0.3, 0.4) is 0 Å². The molecule has 0 fully saturated rings. The molecule has 1 unspecified atom stereocenters. The minimum atomic E-state index is -0.191. The first-order chi connectivity index (χ1) is 9.71. The van der Waals surface area contributed by atoms with Gasteiger partial charge in [0.2, 0.25) is 0 Å². The number of nitrogens with two attached hydrogens (primary N) is 1. The van der Waals surface area contributed by atoms with Crippen molar-refractivity contribution in [2.45, 2.75) is 25.9 Å². The number of nitrogens with zero attached hydrogens (tertiary/aromatic N) is 2. The summed E-state index contributed by atoms with van der Waals surface area (Å²) in [7, 11) is 3.30. The molecule has 0 radical (unpaired) electrons. The number of hydrogen-bond acceptors (Lipinski definition) is 4. The van der Waals surface area contributed by atoms with Crippen LogP contribution in [0, 0.1) is 0 Å². The fourth-order valence-electron chi connectivity index (χ4n) is 2.37. The normalized spacial score (nSPS) is 12.2. The van der Waals surface area contributed by atoms with Crippen molar-refractivity contribution < 1.29 is 9.47 Å². The lowest BCUT2D eigenvalue weighted by molar-refractivity contribution is 0.396. The fraction of sp³-hybridized carbons (Fsp3) is 0.400. The van der Waals surface area contributed by atoms with Crippen LogP contribution < -0.4 is 15.2 Å². The molecular weight excluding hydrogens is 254 g/mol. The van der Waals surface area contributed by atoms with Gasteiger partial charge < -0.3 is 15.2 Å². The molecule has 0 aliphatic carbocycles. The molecule has 0 saturated heterocycles. The fourth-order valence-corrected chi connectivity index (χ4v) is 2.37. The Morgan fingerprint density at radius 1 is 1.20 bits per heavy atom. The highest BCUT2D eigenvalue weighted by atomic mass is 16.5. The second-order valence-corrected chi connectivity index (χ2v) is 4.54. The Bertz CT molecular complexity index is 544. The molecule has 1 aromatic heterocycles. The Labute approximate surface area is 119 Å². The summed E-state index contributed by atoms with van der Waals surface area (Å²) in [5.41, 5.74) is 8.35.